The van der Waals surface area contributed by atoms with Crippen LogP contribution in [0.3, 0.4) is 0 Å². The Hall–Kier alpha value is -1.54. The predicted octanol–water partition coefficient (Wildman–Crippen LogP) is 2.81. The molecule has 0 aliphatic rings. The first-order valence-corrected chi connectivity index (χ1v) is 5.61. The molecule has 0 unspecified atom stereocenters. The normalized spacial score (nSPS) is 10.7. The summed E-state index contributed by atoms with van der Waals surface area (Å²) in [5, 5.41) is 3.18. The third-order valence-electron chi connectivity index (χ3n) is 2.82. The molecule has 0 fully saturated rings. The van der Waals surface area contributed by atoms with Crippen LogP contribution in [0.4, 0.5) is 0 Å². The highest BCUT2D eigenvalue weighted by Gasteiger charge is 2.03. The van der Waals surface area contributed by atoms with Crippen molar-refractivity contribution >= 4 is 0 Å². The van der Waals surface area contributed by atoms with Crippen molar-refractivity contribution < 1.29 is 0 Å². The van der Waals surface area contributed by atoms with E-state index in [2.05, 4.69) is 60.1 Å². The predicted molar refractivity (Wildman–Crippen MR) is 68.0 cm³/mol. The van der Waals surface area contributed by atoms with Crippen LogP contribution in [0.25, 0.3) is 5.69 Å². The van der Waals surface area contributed by atoms with E-state index in [0.29, 0.717) is 0 Å². The lowest BCUT2D eigenvalue weighted by atomic mass is 10.2. The highest BCUT2D eigenvalue weighted by molar-refractivity contribution is 5.40. The molecule has 16 heavy (non-hydrogen) atoms. The standard InChI is InChI=1S/C14H18N2/c1-11-7-8-12(2)16(11)14-6-4-5-13(9-14)10-15-3/h4-9,15H,10H2,1-3H3. The number of benzene rings is 1. The molecule has 0 spiro atoms. The number of hydrogen-bond donors (Lipinski definition) is 1. The summed E-state index contributed by atoms with van der Waals surface area (Å²) in [5.74, 6) is 0. The maximum Gasteiger partial charge on any atom is 0.0458 e. The van der Waals surface area contributed by atoms with Crippen molar-refractivity contribution in [2.75, 3.05) is 7.05 Å². The van der Waals surface area contributed by atoms with Gasteiger partial charge in [-0.3, -0.25) is 0 Å². The van der Waals surface area contributed by atoms with Crippen molar-refractivity contribution in [2.24, 2.45) is 0 Å². The number of aryl methyl sites for hydroxylation is 2. The summed E-state index contributed by atoms with van der Waals surface area (Å²) < 4.78 is 2.28. The van der Waals surface area contributed by atoms with Crippen molar-refractivity contribution in [3.8, 4) is 5.69 Å². The van der Waals surface area contributed by atoms with Gasteiger partial charge in [-0.1, -0.05) is 12.1 Å². The van der Waals surface area contributed by atoms with Gasteiger partial charge in [-0.15, -0.1) is 0 Å². The van der Waals surface area contributed by atoms with Crippen LogP contribution in [0.2, 0.25) is 0 Å². The molecule has 0 saturated carbocycles. The molecule has 0 aliphatic carbocycles. The second kappa shape index (κ2) is 4.54. The molecular weight excluding hydrogens is 196 g/mol. The van der Waals surface area contributed by atoms with Gasteiger partial charge in [0.2, 0.25) is 0 Å². The van der Waals surface area contributed by atoms with Crippen LogP contribution in [-0.4, -0.2) is 11.6 Å². The third kappa shape index (κ3) is 2.02. The molecule has 2 nitrogen and oxygen atoms in total. The van der Waals surface area contributed by atoms with Crippen LogP contribution in [0.15, 0.2) is 36.4 Å². The Morgan fingerprint density at radius 3 is 2.38 bits per heavy atom. The summed E-state index contributed by atoms with van der Waals surface area (Å²) in [5.41, 5.74) is 5.11. The second-order valence-electron chi connectivity index (χ2n) is 4.15. The largest absolute Gasteiger partial charge is 0.319 e. The molecule has 0 amide bonds. The maximum absolute atomic E-state index is 3.18. The number of nitrogens with one attached hydrogen (secondary N) is 1. The summed E-state index contributed by atoms with van der Waals surface area (Å²) in [4.78, 5) is 0. The van der Waals surface area contributed by atoms with E-state index >= 15 is 0 Å². The number of aromatic nitrogens is 1. The van der Waals surface area contributed by atoms with Crippen LogP contribution < -0.4 is 5.32 Å². The Morgan fingerprint density at radius 1 is 1.06 bits per heavy atom. The molecule has 1 N–H and O–H groups in total. The highest BCUT2D eigenvalue weighted by Crippen LogP contribution is 2.17. The molecule has 0 bridgehead atoms. The second-order valence-corrected chi connectivity index (χ2v) is 4.15. The quantitative estimate of drug-likeness (QED) is 0.831. The molecule has 0 radical (unpaired) electrons. The first-order valence-electron chi connectivity index (χ1n) is 5.61. The Kier molecular flexibility index (Phi) is 3.11. The fourth-order valence-corrected chi connectivity index (χ4v) is 2.09. The van der Waals surface area contributed by atoms with Gasteiger partial charge in [0.15, 0.2) is 0 Å². The van der Waals surface area contributed by atoms with E-state index in [-0.39, 0.29) is 0 Å². The van der Waals surface area contributed by atoms with Crippen LogP contribution in [0.1, 0.15) is 17.0 Å². The van der Waals surface area contributed by atoms with Gasteiger partial charge in [0.05, 0.1) is 0 Å². The van der Waals surface area contributed by atoms with E-state index in [1.807, 2.05) is 7.05 Å². The average Bonchev–Trinajstić information content (AvgIpc) is 2.59. The van der Waals surface area contributed by atoms with Crippen LogP contribution in [-0.2, 0) is 6.54 Å². The summed E-state index contributed by atoms with van der Waals surface area (Å²) >= 11 is 0. The van der Waals surface area contributed by atoms with E-state index in [4.69, 9.17) is 0 Å². The molecule has 0 aliphatic heterocycles. The molecular formula is C14H18N2. The zero-order valence-electron chi connectivity index (χ0n) is 10.1. The molecule has 84 valence electrons. The summed E-state index contributed by atoms with van der Waals surface area (Å²) in [6.07, 6.45) is 0. The number of nitrogens with zero attached hydrogens (tertiary/aromatic N) is 1. The van der Waals surface area contributed by atoms with E-state index in [1.54, 1.807) is 0 Å². The smallest absolute Gasteiger partial charge is 0.0458 e. The fraction of sp³-hybridized carbons (Fsp3) is 0.286. The average molecular weight is 214 g/mol. The van der Waals surface area contributed by atoms with Crippen LogP contribution in [0, 0.1) is 13.8 Å². The third-order valence-corrected chi connectivity index (χ3v) is 2.82. The molecule has 2 heteroatoms. The van der Waals surface area contributed by atoms with Gasteiger partial charge < -0.3 is 9.88 Å². The topological polar surface area (TPSA) is 17.0 Å². The molecule has 1 heterocycles. The van der Waals surface area contributed by atoms with Gasteiger partial charge in [-0.25, -0.2) is 0 Å². The van der Waals surface area contributed by atoms with Crippen molar-refractivity contribution in [3.63, 3.8) is 0 Å². The number of hydrogen-bond acceptors (Lipinski definition) is 1. The molecule has 2 aromatic rings. The Bertz CT molecular complexity index is 464. The summed E-state index contributed by atoms with van der Waals surface area (Å²) in [6, 6.07) is 12.9. The van der Waals surface area contributed by atoms with Crippen LogP contribution in [0.5, 0.6) is 0 Å². The molecule has 1 aromatic heterocycles. The summed E-state index contributed by atoms with van der Waals surface area (Å²) in [6.45, 7) is 5.18. The van der Waals surface area contributed by atoms with Crippen LogP contribution >= 0.6 is 0 Å². The number of rotatable bonds is 3. The van der Waals surface area contributed by atoms with Gasteiger partial charge in [0.1, 0.15) is 0 Å². The zero-order chi connectivity index (χ0) is 11.5. The van der Waals surface area contributed by atoms with E-state index in [1.165, 1.54) is 22.6 Å². The lowest BCUT2D eigenvalue weighted by molar-refractivity contribution is 0.815. The van der Waals surface area contributed by atoms with Gasteiger partial charge in [-0.2, -0.15) is 0 Å². The lowest BCUT2D eigenvalue weighted by Gasteiger charge is -2.11. The van der Waals surface area contributed by atoms with Crippen molar-refractivity contribution in [1.29, 1.82) is 0 Å². The van der Waals surface area contributed by atoms with Crippen molar-refractivity contribution in [3.05, 3.63) is 53.3 Å². The Morgan fingerprint density at radius 2 is 1.75 bits per heavy atom. The molecule has 1 aromatic carbocycles. The van der Waals surface area contributed by atoms with Gasteiger partial charge in [0.25, 0.3) is 0 Å². The van der Waals surface area contributed by atoms with Gasteiger partial charge in [0, 0.05) is 23.6 Å². The van der Waals surface area contributed by atoms with E-state index in [0.717, 1.165) is 6.54 Å². The first-order chi connectivity index (χ1) is 7.72. The van der Waals surface area contributed by atoms with Gasteiger partial charge >= 0.3 is 0 Å². The Labute approximate surface area is 96.9 Å². The molecule has 0 atom stereocenters. The minimum absolute atomic E-state index is 0.910. The monoisotopic (exact) mass is 214 g/mol. The lowest BCUT2D eigenvalue weighted by Crippen LogP contribution is -2.06. The summed E-state index contributed by atoms with van der Waals surface area (Å²) in [7, 11) is 1.97. The van der Waals surface area contributed by atoms with E-state index < -0.39 is 0 Å². The fourth-order valence-electron chi connectivity index (χ4n) is 2.09. The van der Waals surface area contributed by atoms with E-state index in [9.17, 15) is 0 Å². The Balaban J connectivity index is 2.44. The minimum Gasteiger partial charge on any atom is -0.319 e. The maximum atomic E-state index is 3.18. The molecule has 0 saturated heterocycles. The highest BCUT2D eigenvalue weighted by atomic mass is 15.0. The van der Waals surface area contributed by atoms with Gasteiger partial charge in [-0.05, 0) is 50.7 Å². The molecule has 2 rings (SSSR count). The zero-order valence-corrected chi connectivity index (χ0v) is 10.1. The first kappa shape index (κ1) is 11.0. The SMILES string of the molecule is CNCc1cccc(-n2c(C)ccc2C)c1. The van der Waals surface area contributed by atoms with Crippen molar-refractivity contribution in [2.45, 2.75) is 20.4 Å². The minimum atomic E-state index is 0.910. The van der Waals surface area contributed by atoms with Crippen molar-refractivity contribution in [1.82, 2.24) is 9.88 Å².